The molecule has 1 aliphatic heterocycles. The summed E-state index contributed by atoms with van der Waals surface area (Å²) in [5.74, 6) is -0.311. The molecule has 0 spiro atoms. The van der Waals surface area contributed by atoms with Gasteiger partial charge >= 0.3 is 0 Å². The van der Waals surface area contributed by atoms with E-state index in [1.54, 1.807) is 40.2 Å². The number of halogens is 1. The lowest BCUT2D eigenvalue weighted by Crippen LogP contribution is -2.45. The van der Waals surface area contributed by atoms with Gasteiger partial charge < -0.3 is 10.2 Å². The molecule has 2 atom stereocenters. The molecule has 1 aliphatic rings. The van der Waals surface area contributed by atoms with Crippen molar-refractivity contribution in [1.29, 1.82) is 0 Å². The lowest BCUT2D eigenvalue weighted by atomic mass is 9.95. The zero-order valence-corrected chi connectivity index (χ0v) is 18.0. The number of aromatic nitrogens is 3. The SMILES string of the molecule is CC(NC(=O)C1CCCN(C(=O)c2ccc(Cl)cc2)C1)c1ccc(-n2cncn2)cc1. The molecule has 0 radical (unpaired) electrons. The van der Waals surface area contributed by atoms with Crippen LogP contribution in [0.15, 0.2) is 61.2 Å². The van der Waals surface area contributed by atoms with Gasteiger partial charge in [-0.1, -0.05) is 23.7 Å². The summed E-state index contributed by atoms with van der Waals surface area (Å²) in [4.78, 5) is 31.4. The Hall–Kier alpha value is -3.19. The number of rotatable bonds is 5. The Kier molecular flexibility index (Phi) is 6.32. The summed E-state index contributed by atoms with van der Waals surface area (Å²) in [5, 5.41) is 7.81. The van der Waals surface area contributed by atoms with E-state index in [1.165, 1.54) is 6.33 Å². The summed E-state index contributed by atoms with van der Waals surface area (Å²) >= 11 is 5.92. The van der Waals surface area contributed by atoms with Crippen LogP contribution >= 0.6 is 11.6 Å². The molecule has 2 amide bonds. The van der Waals surface area contributed by atoms with Crippen molar-refractivity contribution in [3.05, 3.63) is 77.3 Å². The fourth-order valence-corrected chi connectivity index (χ4v) is 3.95. The summed E-state index contributed by atoms with van der Waals surface area (Å²) in [7, 11) is 0. The number of nitrogens with one attached hydrogen (secondary N) is 1. The third-order valence-corrected chi connectivity index (χ3v) is 5.86. The quantitative estimate of drug-likeness (QED) is 0.660. The molecule has 8 heteroatoms. The smallest absolute Gasteiger partial charge is 0.253 e. The maximum atomic E-state index is 12.9. The number of nitrogens with zero attached hydrogens (tertiary/aromatic N) is 4. The predicted molar refractivity (Wildman–Crippen MR) is 118 cm³/mol. The van der Waals surface area contributed by atoms with E-state index >= 15 is 0 Å². The van der Waals surface area contributed by atoms with Gasteiger partial charge in [-0.05, 0) is 61.7 Å². The number of carbonyl (C=O) groups is 2. The van der Waals surface area contributed by atoms with Gasteiger partial charge in [0.05, 0.1) is 17.6 Å². The minimum absolute atomic E-state index is 0.0264. The fraction of sp³-hybridized carbons (Fsp3) is 0.304. The number of piperidine rings is 1. The zero-order chi connectivity index (χ0) is 21.8. The van der Waals surface area contributed by atoms with E-state index in [0.29, 0.717) is 23.7 Å². The first-order valence-corrected chi connectivity index (χ1v) is 10.7. The molecule has 7 nitrogen and oxygen atoms in total. The summed E-state index contributed by atoms with van der Waals surface area (Å²) in [5.41, 5.74) is 2.50. The molecule has 3 aromatic rings. The Morgan fingerprint density at radius 2 is 1.87 bits per heavy atom. The molecule has 1 aromatic heterocycles. The highest BCUT2D eigenvalue weighted by molar-refractivity contribution is 6.30. The van der Waals surface area contributed by atoms with Crippen molar-refractivity contribution in [2.75, 3.05) is 13.1 Å². The van der Waals surface area contributed by atoms with Crippen LogP contribution in [-0.2, 0) is 4.79 Å². The fourth-order valence-electron chi connectivity index (χ4n) is 3.82. The molecule has 1 saturated heterocycles. The van der Waals surface area contributed by atoms with Gasteiger partial charge in [-0.25, -0.2) is 9.67 Å². The topological polar surface area (TPSA) is 80.1 Å². The third kappa shape index (κ3) is 4.94. The molecule has 0 bridgehead atoms. The molecular formula is C23H24ClN5O2. The molecule has 0 aliphatic carbocycles. The largest absolute Gasteiger partial charge is 0.349 e. The zero-order valence-electron chi connectivity index (χ0n) is 17.2. The molecule has 0 saturated carbocycles. The number of carbonyl (C=O) groups excluding carboxylic acids is 2. The van der Waals surface area contributed by atoms with Crippen LogP contribution in [0.4, 0.5) is 0 Å². The Labute approximate surface area is 186 Å². The predicted octanol–water partition coefficient (Wildman–Crippen LogP) is 3.65. The van der Waals surface area contributed by atoms with Gasteiger partial charge in [0, 0.05) is 23.7 Å². The van der Waals surface area contributed by atoms with E-state index in [2.05, 4.69) is 15.4 Å². The summed E-state index contributed by atoms with van der Waals surface area (Å²) in [6.45, 7) is 3.04. The average Bonchev–Trinajstić information content (AvgIpc) is 3.34. The molecular weight excluding hydrogens is 414 g/mol. The second kappa shape index (κ2) is 9.31. The van der Waals surface area contributed by atoms with Crippen molar-refractivity contribution >= 4 is 23.4 Å². The standard InChI is InChI=1S/C23H24ClN5O2/c1-16(17-6-10-21(11-7-17)29-15-25-14-26-29)27-22(30)19-3-2-12-28(13-19)23(31)18-4-8-20(24)9-5-18/h4-11,14-16,19H,2-3,12-13H2,1H3,(H,27,30). The first-order valence-electron chi connectivity index (χ1n) is 10.3. The maximum absolute atomic E-state index is 12.9. The summed E-state index contributed by atoms with van der Waals surface area (Å²) < 4.78 is 1.68. The van der Waals surface area contributed by atoms with Gasteiger partial charge in [-0.2, -0.15) is 5.10 Å². The van der Waals surface area contributed by atoms with Crippen molar-refractivity contribution in [3.8, 4) is 5.69 Å². The second-order valence-electron chi connectivity index (χ2n) is 7.76. The van der Waals surface area contributed by atoms with Crippen LogP contribution in [-0.4, -0.2) is 44.6 Å². The van der Waals surface area contributed by atoms with E-state index in [9.17, 15) is 9.59 Å². The van der Waals surface area contributed by atoms with Gasteiger partial charge in [0.15, 0.2) is 0 Å². The monoisotopic (exact) mass is 437 g/mol. The molecule has 31 heavy (non-hydrogen) atoms. The van der Waals surface area contributed by atoms with E-state index in [-0.39, 0.29) is 23.8 Å². The van der Waals surface area contributed by atoms with Gasteiger partial charge in [-0.3, -0.25) is 9.59 Å². The molecule has 1 N–H and O–H groups in total. The molecule has 160 valence electrons. The number of likely N-dealkylation sites (tertiary alicyclic amines) is 1. The van der Waals surface area contributed by atoms with Gasteiger partial charge in [-0.15, -0.1) is 0 Å². The Morgan fingerprint density at radius 1 is 1.13 bits per heavy atom. The van der Waals surface area contributed by atoms with Crippen molar-refractivity contribution < 1.29 is 9.59 Å². The third-order valence-electron chi connectivity index (χ3n) is 5.61. The van der Waals surface area contributed by atoms with Crippen LogP contribution in [0, 0.1) is 5.92 Å². The Balaban J connectivity index is 1.36. The number of hydrogen-bond acceptors (Lipinski definition) is 4. The van der Waals surface area contributed by atoms with Crippen molar-refractivity contribution in [1.82, 2.24) is 25.0 Å². The van der Waals surface area contributed by atoms with Gasteiger partial charge in [0.25, 0.3) is 5.91 Å². The molecule has 4 rings (SSSR count). The van der Waals surface area contributed by atoms with E-state index in [1.807, 2.05) is 31.2 Å². The van der Waals surface area contributed by atoms with Crippen LogP contribution in [0.1, 0.15) is 41.7 Å². The average molecular weight is 438 g/mol. The van der Waals surface area contributed by atoms with Crippen molar-refractivity contribution in [2.24, 2.45) is 5.92 Å². The Morgan fingerprint density at radius 3 is 2.55 bits per heavy atom. The summed E-state index contributed by atoms with van der Waals surface area (Å²) in [6, 6.07) is 14.5. The lowest BCUT2D eigenvalue weighted by molar-refractivity contribution is -0.127. The highest BCUT2D eigenvalue weighted by atomic mass is 35.5. The number of hydrogen-bond donors (Lipinski definition) is 1. The second-order valence-corrected chi connectivity index (χ2v) is 8.20. The van der Waals surface area contributed by atoms with E-state index < -0.39 is 0 Å². The van der Waals surface area contributed by atoms with E-state index in [0.717, 1.165) is 24.1 Å². The maximum Gasteiger partial charge on any atom is 0.253 e. The normalized spacial score (nSPS) is 17.2. The van der Waals surface area contributed by atoms with E-state index in [4.69, 9.17) is 11.6 Å². The van der Waals surface area contributed by atoms with Gasteiger partial charge in [0.2, 0.25) is 5.91 Å². The van der Waals surface area contributed by atoms with Crippen molar-refractivity contribution in [3.63, 3.8) is 0 Å². The molecule has 2 unspecified atom stereocenters. The number of benzene rings is 2. The van der Waals surface area contributed by atoms with Crippen LogP contribution in [0.3, 0.4) is 0 Å². The lowest BCUT2D eigenvalue weighted by Gasteiger charge is -2.32. The molecule has 2 heterocycles. The van der Waals surface area contributed by atoms with Crippen LogP contribution in [0.2, 0.25) is 5.02 Å². The molecule has 2 aromatic carbocycles. The Bertz CT molecular complexity index is 1030. The molecule has 1 fully saturated rings. The van der Waals surface area contributed by atoms with Crippen molar-refractivity contribution in [2.45, 2.75) is 25.8 Å². The van der Waals surface area contributed by atoms with Crippen LogP contribution in [0.5, 0.6) is 0 Å². The summed E-state index contributed by atoms with van der Waals surface area (Å²) in [6.07, 6.45) is 4.70. The minimum Gasteiger partial charge on any atom is -0.349 e. The first-order chi connectivity index (χ1) is 15.0. The minimum atomic E-state index is -0.220. The highest BCUT2D eigenvalue weighted by Gasteiger charge is 2.29. The van der Waals surface area contributed by atoms with Crippen LogP contribution < -0.4 is 5.32 Å². The first kappa shape index (κ1) is 21.1. The van der Waals surface area contributed by atoms with Gasteiger partial charge in [0.1, 0.15) is 12.7 Å². The number of amides is 2. The highest BCUT2D eigenvalue weighted by Crippen LogP contribution is 2.22. The van der Waals surface area contributed by atoms with Crippen LogP contribution in [0.25, 0.3) is 5.69 Å².